The highest BCUT2D eigenvalue weighted by Crippen LogP contribution is 2.25. The average molecular weight is 406 g/mol. The molecule has 0 aliphatic rings. The Bertz CT molecular complexity index is 1030. The second-order valence-electron chi connectivity index (χ2n) is 5.36. The zero-order chi connectivity index (χ0) is 18.1. The van der Waals surface area contributed by atoms with Gasteiger partial charge in [0, 0.05) is 28.8 Å². The highest BCUT2D eigenvalue weighted by molar-refractivity contribution is 7.90. The molecule has 1 unspecified atom stereocenters. The molecule has 0 radical (unpaired) electrons. The van der Waals surface area contributed by atoms with Crippen LogP contribution in [0.15, 0.2) is 51.5 Å². The number of thiophene rings is 1. The van der Waals surface area contributed by atoms with E-state index in [-0.39, 0.29) is 5.75 Å². The molecule has 3 heterocycles. The Labute approximate surface area is 160 Å². The van der Waals surface area contributed by atoms with Gasteiger partial charge in [-0.05, 0) is 29.6 Å². The predicted molar refractivity (Wildman–Crippen MR) is 99.2 cm³/mol. The molecule has 26 heavy (non-hydrogen) atoms. The Morgan fingerprint density at radius 3 is 2.92 bits per heavy atom. The molecule has 10 heteroatoms. The van der Waals surface area contributed by atoms with Crippen LogP contribution < -0.4 is 0 Å². The van der Waals surface area contributed by atoms with Gasteiger partial charge in [0.25, 0.3) is 5.89 Å². The molecule has 0 bridgehead atoms. The summed E-state index contributed by atoms with van der Waals surface area (Å²) in [5.74, 6) is 1.42. The van der Waals surface area contributed by atoms with Crippen molar-refractivity contribution in [1.82, 2.24) is 24.9 Å². The van der Waals surface area contributed by atoms with Gasteiger partial charge in [0.15, 0.2) is 11.6 Å². The normalized spacial score (nSPS) is 12.4. The van der Waals surface area contributed by atoms with Crippen LogP contribution in [0.2, 0.25) is 5.02 Å². The minimum atomic E-state index is -1.45. The molecule has 3 aromatic heterocycles. The fourth-order valence-corrected chi connectivity index (χ4v) is 4.31. The number of halogens is 1. The largest absolute Gasteiger partial charge is 0.609 e. The second kappa shape index (κ2) is 7.20. The zero-order valence-corrected chi connectivity index (χ0v) is 15.9. The number of benzene rings is 1. The number of aromatic nitrogens is 5. The molecule has 1 atom stereocenters. The first-order chi connectivity index (χ1) is 12.6. The lowest BCUT2D eigenvalue weighted by atomic mass is 10.2. The minimum absolute atomic E-state index is 0.0838. The van der Waals surface area contributed by atoms with Gasteiger partial charge >= 0.3 is 5.16 Å². The molecule has 0 saturated carbocycles. The van der Waals surface area contributed by atoms with E-state index in [2.05, 4.69) is 20.3 Å². The molecule has 0 spiro atoms. The van der Waals surface area contributed by atoms with Crippen molar-refractivity contribution in [1.29, 1.82) is 0 Å². The molecule has 132 valence electrons. The average Bonchev–Trinajstić information content (AvgIpc) is 3.35. The predicted octanol–water partition coefficient (Wildman–Crippen LogP) is 3.55. The van der Waals surface area contributed by atoms with Crippen LogP contribution in [0.4, 0.5) is 0 Å². The summed E-state index contributed by atoms with van der Waals surface area (Å²) in [5.41, 5.74) is 0.709. The molecule has 0 aliphatic heterocycles. The quantitative estimate of drug-likeness (QED) is 0.471. The highest BCUT2D eigenvalue weighted by atomic mass is 35.5. The van der Waals surface area contributed by atoms with Gasteiger partial charge in [-0.3, -0.25) is 4.57 Å². The zero-order valence-electron chi connectivity index (χ0n) is 13.5. The molecular weight excluding hydrogens is 394 g/mol. The van der Waals surface area contributed by atoms with Crippen molar-refractivity contribution in [3.05, 3.63) is 52.6 Å². The summed E-state index contributed by atoms with van der Waals surface area (Å²) in [4.78, 5) is 5.25. The second-order valence-corrected chi connectivity index (χ2v) is 8.09. The first-order valence-electron chi connectivity index (χ1n) is 7.52. The first kappa shape index (κ1) is 17.2. The van der Waals surface area contributed by atoms with Crippen molar-refractivity contribution in [2.24, 2.45) is 7.05 Å². The van der Waals surface area contributed by atoms with Gasteiger partial charge in [-0.15, -0.1) is 16.4 Å². The lowest BCUT2D eigenvalue weighted by molar-refractivity contribution is 0.424. The van der Waals surface area contributed by atoms with E-state index in [1.165, 1.54) is 0 Å². The van der Waals surface area contributed by atoms with E-state index in [9.17, 15) is 4.55 Å². The van der Waals surface area contributed by atoms with Gasteiger partial charge < -0.3 is 9.08 Å². The first-order valence-corrected chi connectivity index (χ1v) is 10.1. The van der Waals surface area contributed by atoms with Crippen molar-refractivity contribution in [2.75, 3.05) is 0 Å². The maximum atomic E-state index is 12.7. The summed E-state index contributed by atoms with van der Waals surface area (Å²) in [7, 11) is 1.79. The third-order valence-corrected chi connectivity index (χ3v) is 5.96. The maximum absolute atomic E-state index is 12.7. The smallest absolute Gasteiger partial charge is 0.343 e. The summed E-state index contributed by atoms with van der Waals surface area (Å²) in [6.45, 7) is 0. The highest BCUT2D eigenvalue weighted by Gasteiger charge is 2.25. The van der Waals surface area contributed by atoms with E-state index in [4.69, 9.17) is 16.1 Å². The Morgan fingerprint density at radius 1 is 1.27 bits per heavy atom. The van der Waals surface area contributed by atoms with E-state index in [1.54, 1.807) is 41.2 Å². The summed E-state index contributed by atoms with van der Waals surface area (Å²) in [5, 5.41) is 15.0. The summed E-state index contributed by atoms with van der Waals surface area (Å²) >= 11 is 6.07. The van der Waals surface area contributed by atoms with Crippen molar-refractivity contribution in [3.63, 3.8) is 0 Å². The van der Waals surface area contributed by atoms with Crippen LogP contribution in [0.5, 0.6) is 0 Å². The van der Waals surface area contributed by atoms with Crippen molar-refractivity contribution in [2.45, 2.75) is 10.9 Å². The topological polar surface area (TPSA) is 92.7 Å². The molecule has 0 saturated heterocycles. The Kier molecular flexibility index (Phi) is 4.77. The van der Waals surface area contributed by atoms with Crippen LogP contribution in [-0.4, -0.2) is 29.5 Å². The fraction of sp³-hybridized carbons (Fsp3) is 0.125. The molecule has 0 aliphatic carbocycles. The van der Waals surface area contributed by atoms with Crippen LogP contribution in [0, 0.1) is 0 Å². The number of rotatable bonds is 5. The summed E-state index contributed by atoms with van der Waals surface area (Å²) < 4.78 is 19.6. The molecule has 4 aromatic rings. The third-order valence-electron chi connectivity index (χ3n) is 3.58. The fourth-order valence-electron chi connectivity index (χ4n) is 2.37. The van der Waals surface area contributed by atoms with Crippen molar-refractivity contribution < 1.29 is 9.08 Å². The van der Waals surface area contributed by atoms with Crippen LogP contribution in [0.25, 0.3) is 22.2 Å². The maximum Gasteiger partial charge on any atom is 0.343 e. The summed E-state index contributed by atoms with van der Waals surface area (Å²) in [6.07, 6.45) is 0. The van der Waals surface area contributed by atoms with E-state index in [1.807, 2.05) is 23.6 Å². The van der Waals surface area contributed by atoms with Gasteiger partial charge in [0.2, 0.25) is 5.82 Å². The van der Waals surface area contributed by atoms with Crippen molar-refractivity contribution >= 4 is 34.1 Å². The number of hydrogen-bond donors (Lipinski definition) is 0. The van der Waals surface area contributed by atoms with Crippen LogP contribution in [0.1, 0.15) is 5.82 Å². The molecule has 0 fully saturated rings. The molecule has 7 nitrogen and oxygen atoms in total. The van der Waals surface area contributed by atoms with Crippen molar-refractivity contribution in [3.8, 4) is 22.2 Å². The SMILES string of the molecule is Cn1c(-c2cccs2)nnc1[S+]([O-])Cc1noc(-c2cccc(Cl)c2)n1. The summed E-state index contributed by atoms with van der Waals surface area (Å²) in [6, 6.07) is 11.0. The van der Waals surface area contributed by atoms with Gasteiger partial charge in [-0.2, -0.15) is 4.98 Å². The van der Waals surface area contributed by atoms with Crippen LogP contribution >= 0.6 is 22.9 Å². The van der Waals surface area contributed by atoms with Crippen LogP contribution in [0.3, 0.4) is 0 Å². The molecule has 0 N–H and O–H groups in total. The molecule has 4 rings (SSSR count). The van der Waals surface area contributed by atoms with Gasteiger partial charge in [0.05, 0.1) is 4.88 Å². The minimum Gasteiger partial charge on any atom is -0.609 e. The lowest BCUT2D eigenvalue weighted by Crippen LogP contribution is -2.12. The Morgan fingerprint density at radius 2 is 2.15 bits per heavy atom. The van der Waals surface area contributed by atoms with E-state index in [0.717, 1.165) is 4.88 Å². The number of hydrogen-bond acceptors (Lipinski definition) is 7. The molecular formula is C16H12ClN5O2S2. The Hall–Kier alpha value is -2.20. The van der Waals surface area contributed by atoms with Gasteiger partial charge in [-0.25, -0.2) is 0 Å². The van der Waals surface area contributed by atoms with Gasteiger partial charge in [-0.1, -0.05) is 34.0 Å². The Balaban J connectivity index is 1.53. The monoisotopic (exact) mass is 405 g/mol. The van der Waals surface area contributed by atoms with Gasteiger partial charge in [0.1, 0.15) is 0 Å². The number of nitrogens with zero attached hydrogens (tertiary/aromatic N) is 5. The molecule has 0 amide bonds. The standard InChI is InChI=1S/C16H12ClN5O2S2/c1-22-14(12-6-3-7-25-12)19-20-16(22)26(23)9-13-18-15(24-21-13)10-4-2-5-11(17)8-10/h2-8H,9H2,1H3. The molecule has 1 aromatic carbocycles. The van der Waals surface area contributed by atoms with E-state index in [0.29, 0.717) is 33.3 Å². The van der Waals surface area contributed by atoms with E-state index >= 15 is 0 Å². The van der Waals surface area contributed by atoms with Crippen LogP contribution in [-0.2, 0) is 24.0 Å². The van der Waals surface area contributed by atoms with E-state index < -0.39 is 11.2 Å². The lowest BCUT2D eigenvalue weighted by Gasteiger charge is -2.06. The third kappa shape index (κ3) is 3.38.